The summed E-state index contributed by atoms with van der Waals surface area (Å²) in [6, 6.07) is 14.5. The van der Waals surface area contributed by atoms with Crippen LogP contribution in [0.3, 0.4) is 0 Å². The predicted molar refractivity (Wildman–Crippen MR) is 109 cm³/mol. The normalized spacial score (nSPS) is 14.0. The minimum absolute atomic E-state index is 0.0811. The van der Waals surface area contributed by atoms with E-state index in [4.69, 9.17) is 4.74 Å². The number of aromatic nitrogens is 1. The van der Waals surface area contributed by atoms with Crippen LogP contribution >= 0.6 is 0 Å². The number of piperidine rings is 1. The summed E-state index contributed by atoms with van der Waals surface area (Å²) in [6.45, 7) is 1.75. The van der Waals surface area contributed by atoms with E-state index < -0.39 is 5.97 Å². The molecule has 1 fully saturated rings. The molecular weight excluding hydrogens is 368 g/mol. The number of pyridine rings is 1. The van der Waals surface area contributed by atoms with Crippen LogP contribution in [-0.2, 0) is 6.61 Å². The first-order valence-corrected chi connectivity index (χ1v) is 9.75. The van der Waals surface area contributed by atoms with Crippen LogP contribution < -0.4 is 4.74 Å². The lowest BCUT2D eigenvalue weighted by Gasteiger charge is -2.27. The number of rotatable bonds is 5. The first-order valence-electron chi connectivity index (χ1n) is 9.75. The molecule has 6 nitrogen and oxygen atoms in total. The fourth-order valence-electron chi connectivity index (χ4n) is 3.62. The zero-order valence-corrected chi connectivity index (χ0v) is 16.0. The van der Waals surface area contributed by atoms with Crippen molar-refractivity contribution >= 4 is 22.6 Å². The molecule has 1 amide bonds. The second-order valence-corrected chi connectivity index (χ2v) is 7.20. The van der Waals surface area contributed by atoms with Gasteiger partial charge >= 0.3 is 5.97 Å². The number of ether oxygens (including phenoxy) is 1. The third-order valence-electron chi connectivity index (χ3n) is 5.16. The maximum atomic E-state index is 13.2. The van der Waals surface area contributed by atoms with Crippen LogP contribution in [-0.4, -0.2) is 40.0 Å². The summed E-state index contributed by atoms with van der Waals surface area (Å²) in [5.41, 5.74) is 1.48. The average Bonchev–Trinajstić information content (AvgIpc) is 2.77. The van der Waals surface area contributed by atoms with Crippen molar-refractivity contribution in [3.63, 3.8) is 0 Å². The summed E-state index contributed by atoms with van der Waals surface area (Å²) in [5.74, 6) is -0.806. The Morgan fingerprint density at radius 1 is 1.03 bits per heavy atom. The van der Waals surface area contributed by atoms with Gasteiger partial charge in [-0.05, 0) is 37.0 Å². The number of carboxylic acid groups (broad SMARTS) is 1. The Hall–Kier alpha value is -3.41. The largest absolute Gasteiger partial charge is 0.478 e. The van der Waals surface area contributed by atoms with Crippen LogP contribution in [0.1, 0.15) is 45.5 Å². The summed E-state index contributed by atoms with van der Waals surface area (Å²) >= 11 is 0. The van der Waals surface area contributed by atoms with Gasteiger partial charge in [0.2, 0.25) is 5.88 Å². The number of benzene rings is 2. The average molecular weight is 390 g/mol. The van der Waals surface area contributed by atoms with Crippen LogP contribution in [0.4, 0.5) is 0 Å². The highest BCUT2D eigenvalue weighted by Crippen LogP contribution is 2.27. The number of carbonyl (C=O) groups is 2. The Bertz CT molecular complexity index is 1040. The molecule has 2 heterocycles. The molecular formula is C23H22N2O4. The first-order chi connectivity index (χ1) is 14.1. The van der Waals surface area contributed by atoms with Crippen molar-refractivity contribution in [2.24, 2.45) is 0 Å². The van der Waals surface area contributed by atoms with Crippen LogP contribution in [0.2, 0.25) is 0 Å². The molecule has 0 saturated carbocycles. The van der Waals surface area contributed by atoms with E-state index in [1.54, 1.807) is 23.2 Å². The van der Waals surface area contributed by atoms with E-state index >= 15 is 0 Å². The van der Waals surface area contributed by atoms with Crippen LogP contribution in [0.5, 0.6) is 5.88 Å². The van der Waals surface area contributed by atoms with E-state index in [2.05, 4.69) is 4.98 Å². The molecule has 6 heteroatoms. The molecule has 0 atom stereocenters. The summed E-state index contributed by atoms with van der Waals surface area (Å²) in [6.07, 6.45) is 4.61. The highest BCUT2D eigenvalue weighted by Gasteiger charge is 2.22. The molecule has 148 valence electrons. The second kappa shape index (κ2) is 8.31. The molecule has 4 rings (SSSR count). The Balaban J connectivity index is 1.70. The standard InChI is InChI=1S/C23H22N2O4/c26-22(25-9-5-2-6-10-25)20-12-17(23(27)28)11-18-14-24-21(13-19(18)20)29-15-16-7-3-1-4-8-16/h1,3-4,7-8,11-14H,2,5-6,9-10,15H2,(H,27,28). The van der Waals surface area contributed by atoms with Gasteiger partial charge in [-0.25, -0.2) is 9.78 Å². The molecule has 1 N–H and O–H groups in total. The maximum Gasteiger partial charge on any atom is 0.335 e. The molecule has 1 aromatic heterocycles. The molecule has 29 heavy (non-hydrogen) atoms. The topological polar surface area (TPSA) is 79.7 Å². The molecule has 0 bridgehead atoms. The highest BCUT2D eigenvalue weighted by atomic mass is 16.5. The molecule has 0 unspecified atom stereocenters. The third kappa shape index (κ3) is 4.21. The molecule has 1 saturated heterocycles. The van der Waals surface area contributed by atoms with E-state index in [1.165, 1.54) is 6.07 Å². The van der Waals surface area contributed by atoms with Gasteiger partial charge in [-0.1, -0.05) is 30.3 Å². The molecule has 2 aromatic carbocycles. The SMILES string of the molecule is O=C(O)c1cc(C(=O)N2CCCCC2)c2cc(OCc3ccccc3)ncc2c1. The Morgan fingerprint density at radius 2 is 1.79 bits per heavy atom. The van der Waals surface area contributed by atoms with Gasteiger partial charge in [0, 0.05) is 41.7 Å². The number of aromatic carboxylic acids is 1. The van der Waals surface area contributed by atoms with E-state index in [0.717, 1.165) is 24.8 Å². The van der Waals surface area contributed by atoms with Crippen molar-refractivity contribution < 1.29 is 19.4 Å². The summed E-state index contributed by atoms with van der Waals surface area (Å²) < 4.78 is 5.81. The number of hydrogen-bond acceptors (Lipinski definition) is 4. The van der Waals surface area contributed by atoms with Gasteiger partial charge in [0.05, 0.1) is 5.56 Å². The van der Waals surface area contributed by atoms with Crippen LogP contribution in [0.15, 0.2) is 54.7 Å². The Labute approximate surface area is 168 Å². The Morgan fingerprint density at radius 3 is 2.52 bits per heavy atom. The molecule has 1 aliphatic rings. The fraction of sp³-hybridized carbons (Fsp3) is 0.261. The van der Waals surface area contributed by atoms with Crippen molar-refractivity contribution in [2.45, 2.75) is 25.9 Å². The number of carbonyl (C=O) groups excluding carboxylic acids is 1. The van der Waals surface area contributed by atoms with Crippen LogP contribution in [0.25, 0.3) is 10.8 Å². The summed E-state index contributed by atoms with van der Waals surface area (Å²) in [4.78, 5) is 30.8. The van der Waals surface area contributed by atoms with Crippen molar-refractivity contribution in [2.75, 3.05) is 13.1 Å². The minimum Gasteiger partial charge on any atom is -0.478 e. The zero-order chi connectivity index (χ0) is 20.2. The third-order valence-corrected chi connectivity index (χ3v) is 5.16. The van der Waals surface area contributed by atoms with Gasteiger partial charge in [0.15, 0.2) is 0 Å². The van der Waals surface area contributed by atoms with Crippen molar-refractivity contribution in [3.8, 4) is 5.88 Å². The maximum absolute atomic E-state index is 13.2. The first kappa shape index (κ1) is 18.9. The number of fused-ring (bicyclic) bond motifs is 1. The van der Waals surface area contributed by atoms with Gasteiger partial charge in [-0.3, -0.25) is 4.79 Å². The summed E-state index contributed by atoms with van der Waals surface area (Å²) in [5, 5.41) is 10.7. The fourth-order valence-corrected chi connectivity index (χ4v) is 3.62. The highest BCUT2D eigenvalue weighted by molar-refractivity contribution is 6.09. The number of hydrogen-bond donors (Lipinski definition) is 1. The van der Waals surface area contributed by atoms with Gasteiger partial charge < -0.3 is 14.7 Å². The molecule has 0 radical (unpaired) electrons. The number of carboxylic acids is 1. The monoisotopic (exact) mass is 390 g/mol. The lowest BCUT2D eigenvalue weighted by Crippen LogP contribution is -2.35. The minimum atomic E-state index is -1.07. The Kier molecular flexibility index (Phi) is 5.42. The molecule has 0 aliphatic carbocycles. The van der Waals surface area contributed by atoms with Gasteiger partial charge in [0.1, 0.15) is 6.61 Å². The quantitative estimate of drug-likeness (QED) is 0.708. The van der Waals surface area contributed by atoms with E-state index in [0.29, 0.717) is 41.9 Å². The molecule has 3 aromatic rings. The lowest BCUT2D eigenvalue weighted by atomic mass is 10.00. The van der Waals surface area contributed by atoms with Gasteiger partial charge in [0.25, 0.3) is 5.91 Å². The zero-order valence-electron chi connectivity index (χ0n) is 16.0. The van der Waals surface area contributed by atoms with Crippen molar-refractivity contribution in [3.05, 3.63) is 71.4 Å². The summed E-state index contributed by atoms with van der Waals surface area (Å²) in [7, 11) is 0. The molecule has 1 aliphatic heterocycles. The second-order valence-electron chi connectivity index (χ2n) is 7.20. The predicted octanol–water partition coefficient (Wildman–Crippen LogP) is 4.14. The lowest BCUT2D eigenvalue weighted by molar-refractivity contribution is 0.0697. The van der Waals surface area contributed by atoms with Gasteiger partial charge in [-0.2, -0.15) is 0 Å². The number of nitrogens with zero attached hydrogens (tertiary/aromatic N) is 2. The van der Waals surface area contributed by atoms with E-state index in [9.17, 15) is 14.7 Å². The van der Waals surface area contributed by atoms with Crippen molar-refractivity contribution in [1.29, 1.82) is 0 Å². The van der Waals surface area contributed by atoms with E-state index in [-0.39, 0.29) is 11.5 Å². The number of amides is 1. The van der Waals surface area contributed by atoms with Gasteiger partial charge in [-0.15, -0.1) is 0 Å². The smallest absolute Gasteiger partial charge is 0.335 e. The molecule has 0 spiro atoms. The van der Waals surface area contributed by atoms with Crippen LogP contribution in [0, 0.1) is 0 Å². The van der Waals surface area contributed by atoms with Crippen molar-refractivity contribution in [1.82, 2.24) is 9.88 Å². The van der Waals surface area contributed by atoms with E-state index in [1.807, 2.05) is 30.3 Å². The number of likely N-dealkylation sites (tertiary alicyclic amines) is 1.